The average molecular weight is 405 g/mol. The second-order valence-electron chi connectivity index (χ2n) is 7.68. The SMILES string of the molecule is CCNC(=NCC1(N2CCCC2)CCOCC1)NCCOc1ccc(OC)cc1. The zero-order chi connectivity index (χ0) is 20.4. The number of nitrogens with one attached hydrogen (secondary N) is 2. The molecule has 7 nitrogen and oxygen atoms in total. The van der Waals surface area contributed by atoms with Crippen molar-refractivity contribution in [1.29, 1.82) is 0 Å². The fourth-order valence-electron chi connectivity index (χ4n) is 4.10. The number of guanidine groups is 1. The van der Waals surface area contributed by atoms with Gasteiger partial charge in [0.05, 0.1) is 20.2 Å². The lowest BCUT2D eigenvalue weighted by molar-refractivity contribution is -0.0139. The van der Waals surface area contributed by atoms with Crippen LogP contribution in [0, 0.1) is 0 Å². The topological polar surface area (TPSA) is 67.4 Å². The second-order valence-corrected chi connectivity index (χ2v) is 7.68. The maximum Gasteiger partial charge on any atom is 0.191 e. The van der Waals surface area contributed by atoms with E-state index >= 15 is 0 Å². The van der Waals surface area contributed by atoms with Gasteiger partial charge in [-0.3, -0.25) is 9.89 Å². The number of aliphatic imine (C=N–C) groups is 1. The van der Waals surface area contributed by atoms with Gasteiger partial charge in [0.1, 0.15) is 18.1 Å². The Bertz CT molecular complexity index is 623. The molecule has 2 aliphatic rings. The molecule has 0 amide bonds. The first-order valence-corrected chi connectivity index (χ1v) is 10.9. The van der Waals surface area contributed by atoms with Crippen molar-refractivity contribution < 1.29 is 14.2 Å². The average Bonchev–Trinajstić information content (AvgIpc) is 3.32. The van der Waals surface area contributed by atoms with Crippen LogP contribution in [-0.4, -0.2) is 76.1 Å². The van der Waals surface area contributed by atoms with Crippen molar-refractivity contribution >= 4 is 5.96 Å². The molecule has 0 radical (unpaired) electrons. The molecule has 0 bridgehead atoms. The Balaban J connectivity index is 1.51. The van der Waals surface area contributed by atoms with Gasteiger partial charge in [-0.2, -0.15) is 0 Å². The lowest BCUT2D eigenvalue weighted by Crippen LogP contribution is -2.54. The van der Waals surface area contributed by atoms with Crippen LogP contribution in [0.5, 0.6) is 11.5 Å². The lowest BCUT2D eigenvalue weighted by atomic mass is 9.88. The minimum atomic E-state index is 0.150. The first-order chi connectivity index (χ1) is 14.3. The van der Waals surface area contributed by atoms with E-state index in [1.807, 2.05) is 24.3 Å². The van der Waals surface area contributed by atoms with Gasteiger partial charge in [0.15, 0.2) is 5.96 Å². The van der Waals surface area contributed by atoms with E-state index in [2.05, 4.69) is 22.5 Å². The van der Waals surface area contributed by atoms with Gasteiger partial charge in [0.25, 0.3) is 0 Å². The van der Waals surface area contributed by atoms with Gasteiger partial charge in [-0.05, 0) is 70.0 Å². The van der Waals surface area contributed by atoms with Crippen LogP contribution in [0.2, 0.25) is 0 Å². The number of nitrogens with zero attached hydrogens (tertiary/aromatic N) is 2. The third-order valence-corrected chi connectivity index (χ3v) is 5.80. The molecule has 2 N–H and O–H groups in total. The van der Waals surface area contributed by atoms with Crippen LogP contribution in [0.25, 0.3) is 0 Å². The van der Waals surface area contributed by atoms with Crippen molar-refractivity contribution in [2.24, 2.45) is 4.99 Å². The van der Waals surface area contributed by atoms with E-state index < -0.39 is 0 Å². The summed E-state index contributed by atoms with van der Waals surface area (Å²) in [5.74, 6) is 2.53. The van der Waals surface area contributed by atoms with E-state index in [9.17, 15) is 0 Å². The highest BCUT2D eigenvalue weighted by molar-refractivity contribution is 5.79. The molecule has 2 fully saturated rings. The van der Waals surface area contributed by atoms with Crippen molar-refractivity contribution in [2.45, 2.75) is 38.1 Å². The Kier molecular flexibility index (Phi) is 8.43. The Morgan fingerprint density at radius 1 is 1.10 bits per heavy atom. The summed E-state index contributed by atoms with van der Waals surface area (Å²) in [5, 5.41) is 6.76. The van der Waals surface area contributed by atoms with E-state index in [1.54, 1.807) is 7.11 Å². The number of likely N-dealkylation sites (tertiary alicyclic amines) is 1. The van der Waals surface area contributed by atoms with Crippen LogP contribution in [0.3, 0.4) is 0 Å². The van der Waals surface area contributed by atoms with Gasteiger partial charge in [-0.15, -0.1) is 0 Å². The minimum Gasteiger partial charge on any atom is -0.497 e. The highest BCUT2D eigenvalue weighted by atomic mass is 16.5. The molecule has 0 aliphatic carbocycles. The summed E-state index contributed by atoms with van der Waals surface area (Å²) in [6.45, 7) is 9.06. The van der Waals surface area contributed by atoms with Crippen LogP contribution in [0.15, 0.2) is 29.3 Å². The molecule has 3 rings (SSSR count). The number of benzene rings is 1. The quantitative estimate of drug-likeness (QED) is 0.374. The highest BCUT2D eigenvalue weighted by Gasteiger charge is 2.39. The number of methoxy groups -OCH3 is 1. The van der Waals surface area contributed by atoms with E-state index in [0.29, 0.717) is 13.2 Å². The van der Waals surface area contributed by atoms with Crippen molar-refractivity contribution in [2.75, 3.05) is 59.7 Å². The van der Waals surface area contributed by atoms with Gasteiger partial charge < -0.3 is 24.8 Å². The third kappa shape index (κ3) is 6.24. The van der Waals surface area contributed by atoms with Crippen molar-refractivity contribution in [3.8, 4) is 11.5 Å². The lowest BCUT2D eigenvalue weighted by Gasteiger charge is -2.43. The first-order valence-electron chi connectivity index (χ1n) is 10.9. The molecular formula is C22H36N4O3. The summed E-state index contributed by atoms with van der Waals surface area (Å²) < 4.78 is 16.6. The fourth-order valence-corrected chi connectivity index (χ4v) is 4.10. The number of rotatable bonds is 9. The minimum absolute atomic E-state index is 0.150. The predicted molar refractivity (Wildman–Crippen MR) is 116 cm³/mol. The van der Waals surface area contributed by atoms with Crippen LogP contribution >= 0.6 is 0 Å². The van der Waals surface area contributed by atoms with Gasteiger partial charge >= 0.3 is 0 Å². The van der Waals surface area contributed by atoms with Crippen LogP contribution in [0.4, 0.5) is 0 Å². The molecule has 0 saturated carbocycles. The molecule has 7 heteroatoms. The highest BCUT2D eigenvalue weighted by Crippen LogP contribution is 2.31. The fraction of sp³-hybridized carbons (Fsp3) is 0.682. The number of hydrogen-bond donors (Lipinski definition) is 2. The molecule has 0 atom stereocenters. The summed E-state index contributed by atoms with van der Waals surface area (Å²) in [6.07, 6.45) is 4.73. The molecule has 2 aliphatic heterocycles. The third-order valence-electron chi connectivity index (χ3n) is 5.80. The predicted octanol–water partition coefficient (Wildman–Crippen LogP) is 2.27. The Hall–Kier alpha value is -1.99. The summed E-state index contributed by atoms with van der Waals surface area (Å²) in [5.41, 5.74) is 0.150. The van der Waals surface area contributed by atoms with Gasteiger partial charge in [0, 0.05) is 25.3 Å². The van der Waals surface area contributed by atoms with Crippen molar-refractivity contribution in [1.82, 2.24) is 15.5 Å². The van der Waals surface area contributed by atoms with E-state index in [-0.39, 0.29) is 5.54 Å². The maximum atomic E-state index is 5.80. The molecule has 2 heterocycles. The van der Waals surface area contributed by atoms with E-state index in [0.717, 1.165) is 56.6 Å². The van der Waals surface area contributed by atoms with Crippen LogP contribution < -0.4 is 20.1 Å². The smallest absolute Gasteiger partial charge is 0.191 e. The molecule has 2 saturated heterocycles. The molecule has 0 unspecified atom stereocenters. The van der Waals surface area contributed by atoms with Gasteiger partial charge in [-0.1, -0.05) is 0 Å². The molecule has 162 valence electrons. The number of hydrogen-bond acceptors (Lipinski definition) is 5. The largest absolute Gasteiger partial charge is 0.497 e. The summed E-state index contributed by atoms with van der Waals surface area (Å²) in [4.78, 5) is 7.59. The molecular weight excluding hydrogens is 368 g/mol. The van der Waals surface area contributed by atoms with E-state index in [4.69, 9.17) is 19.2 Å². The summed E-state index contributed by atoms with van der Waals surface area (Å²) in [6, 6.07) is 7.64. The Morgan fingerprint density at radius 3 is 2.45 bits per heavy atom. The molecule has 0 aromatic heterocycles. The Labute approximate surface area is 174 Å². The zero-order valence-electron chi connectivity index (χ0n) is 17.9. The molecule has 0 spiro atoms. The van der Waals surface area contributed by atoms with Crippen LogP contribution in [0.1, 0.15) is 32.6 Å². The molecule has 29 heavy (non-hydrogen) atoms. The van der Waals surface area contributed by atoms with Gasteiger partial charge in [0.2, 0.25) is 0 Å². The Morgan fingerprint density at radius 2 is 1.79 bits per heavy atom. The standard InChI is InChI=1S/C22H36N4O3/c1-3-23-21(24-12-17-29-20-8-6-19(27-2)7-9-20)25-18-22(10-15-28-16-11-22)26-13-4-5-14-26/h6-9H,3-5,10-18H2,1-2H3,(H2,23,24,25). The van der Waals surface area contributed by atoms with E-state index in [1.165, 1.54) is 25.9 Å². The summed E-state index contributed by atoms with van der Waals surface area (Å²) >= 11 is 0. The van der Waals surface area contributed by atoms with Gasteiger partial charge in [-0.25, -0.2) is 0 Å². The molecule has 1 aromatic carbocycles. The zero-order valence-corrected chi connectivity index (χ0v) is 17.9. The normalized spacial score (nSPS) is 19.7. The van der Waals surface area contributed by atoms with Crippen molar-refractivity contribution in [3.63, 3.8) is 0 Å². The molecule has 1 aromatic rings. The first kappa shape index (κ1) is 21.7. The number of ether oxygens (including phenoxy) is 3. The van der Waals surface area contributed by atoms with Crippen molar-refractivity contribution in [3.05, 3.63) is 24.3 Å². The summed E-state index contributed by atoms with van der Waals surface area (Å²) in [7, 11) is 1.66. The monoisotopic (exact) mass is 404 g/mol. The maximum absolute atomic E-state index is 5.80. The van der Waals surface area contributed by atoms with Crippen LogP contribution in [-0.2, 0) is 4.74 Å². The second kappa shape index (κ2) is 11.3.